The smallest absolute Gasteiger partial charge is 0.165 e. The standard InChI is InChI=1S/C57H32N4OS/c1-2-12-34(13-3-1)55-58-56(60-57(59-55)42-20-10-19-41-40-18-8-9-23-51(40)63-54(41)42)39-25-24-33-26-27-50-52(43(33)30-39)53-46(21-11-22-49(53)62-50)61-47-31-37-16-6-4-14-35(37)28-44(47)45-29-36-15-5-7-17-38(36)32-48(45)61/h1-32H. The second-order valence-corrected chi connectivity index (χ2v) is 17.4. The van der Waals surface area contributed by atoms with Crippen LogP contribution in [0.25, 0.3) is 136 Å². The topological polar surface area (TPSA) is 56.7 Å². The van der Waals surface area contributed by atoms with Crippen molar-refractivity contribution in [3.8, 4) is 39.9 Å². The van der Waals surface area contributed by atoms with Crippen LogP contribution in [0.4, 0.5) is 0 Å². The number of hydrogen-bond donors (Lipinski definition) is 0. The van der Waals surface area contributed by atoms with Gasteiger partial charge in [-0.2, -0.15) is 0 Å². The van der Waals surface area contributed by atoms with E-state index in [2.05, 4.69) is 180 Å². The van der Waals surface area contributed by atoms with E-state index in [1.165, 1.54) is 52.5 Å². The van der Waals surface area contributed by atoms with Gasteiger partial charge in [-0.25, -0.2) is 15.0 Å². The highest BCUT2D eigenvalue weighted by atomic mass is 32.1. The van der Waals surface area contributed by atoms with E-state index in [1.807, 2.05) is 18.2 Å². The van der Waals surface area contributed by atoms with Crippen LogP contribution in [-0.4, -0.2) is 19.5 Å². The van der Waals surface area contributed by atoms with Crippen molar-refractivity contribution in [3.63, 3.8) is 0 Å². The predicted molar refractivity (Wildman–Crippen MR) is 263 cm³/mol. The molecule has 0 radical (unpaired) electrons. The number of hydrogen-bond acceptors (Lipinski definition) is 5. The molecule has 0 aliphatic carbocycles. The molecule has 292 valence electrons. The Kier molecular flexibility index (Phi) is 7.21. The highest BCUT2D eigenvalue weighted by Crippen LogP contribution is 2.44. The van der Waals surface area contributed by atoms with Gasteiger partial charge in [0.1, 0.15) is 11.2 Å². The molecular formula is C57H32N4OS. The molecule has 0 N–H and O–H groups in total. The summed E-state index contributed by atoms with van der Waals surface area (Å²) in [7, 11) is 0. The van der Waals surface area contributed by atoms with Gasteiger partial charge in [0.05, 0.1) is 22.1 Å². The summed E-state index contributed by atoms with van der Waals surface area (Å²) in [4.78, 5) is 15.6. The van der Waals surface area contributed by atoms with Crippen LogP contribution in [0.2, 0.25) is 0 Å². The molecule has 63 heavy (non-hydrogen) atoms. The fourth-order valence-electron chi connectivity index (χ4n) is 9.85. The number of thiophene rings is 1. The minimum atomic E-state index is 0.616. The number of benzene rings is 10. The largest absolute Gasteiger partial charge is 0.456 e. The van der Waals surface area contributed by atoms with Gasteiger partial charge in [-0.1, -0.05) is 133 Å². The predicted octanol–water partition coefficient (Wildman–Crippen LogP) is 15.7. The van der Waals surface area contributed by atoms with Crippen molar-refractivity contribution >= 4 is 108 Å². The third kappa shape index (κ3) is 5.19. The Bertz CT molecular complexity index is 4130. The number of aromatic nitrogens is 4. The molecule has 5 nitrogen and oxygen atoms in total. The summed E-state index contributed by atoms with van der Waals surface area (Å²) in [6.45, 7) is 0. The maximum absolute atomic E-state index is 6.78. The average molecular weight is 821 g/mol. The first-order valence-corrected chi connectivity index (χ1v) is 22.0. The van der Waals surface area contributed by atoms with Gasteiger partial charge >= 0.3 is 0 Å². The highest BCUT2D eigenvalue weighted by Gasteiger charge is 2.22. The van der Waals surface area contributed by atoms with Gasteiger partial charge in [0, 0.05) is 53.0 Å². The normalized spacial score (nSPS) is 12.1. The second kappa shape index (κ2) is 13.2. The van der Waals surface area contributed by atoms with Crippen molar-refractivity contribution in [1.82, 2.24) is 19.5 Å². The van der Waals surface area contributed by atoms with E-state index in [4.69, 9.17) is 19.4 Å². The van der Waals surface area contributed by atoms with Gasteiger partial charge in [-0.3, -0.25) is 0 Å². The molecule has 0 fully saturated rings. The second-order valence-electron chi connectivity index (χ2n) is 16.3. The van der Waals surface area contributed by atoms with E-state index in [9.17, 15) is 0 Å². The molecule has 0 unspecified atom stereocenters. The van der Waals surface area contributed by atoms with Crippen molar-refractivity contribution in [2.45, 2.75) is 0 Å². The lowest BCUT2D eigenvalue weighted by atomic mass is 10.00. The zero-order valence-corrected chi connectivity index (χ0v) is 34.4. The van der Waals surface area contributed by atoms with Gasteiger partial charge in [0.2, 0.25) is 0 Å². The van der Waals surface area contributed by atoms with Crippen LogP contribution in [0.5, 0.6) is 0 Å². The Morgan fingerprint density at radius 2 is 0.984 bits per heavy atom. The summed E-state index contributed by atoms with van der Waals surface area (Å²) >= 11 is 1.78. The van der Waals surface area contributed by atoms with Crippen LogP contribution in [-0.2, 0) is 0 Å². The van der Waals surface area contributed by atoms with Gasteiger partial charge in [-0.05, 0) is 93.0 Å². The Hall–Kier alpha value is -8.19. The van der Waals surface area contributed by atoms with E-state index >= 15 is 0 Å². The molecule has 14 rings (SSSR count). The fraction of sp³-hybridized carbons (Fsp3) is 0. The molecule has 0 bridgehead atoms. The van der Waals surface area contributed by atoms with E-state index in [-0.39, 0.29) is 0 Å². The first kappa shape index (κ1) is 34.5. The third-order valence-corrected chi connectivity index (χ3v) is 14.0. The van der Waals surface area contributed by atoms with Crippen molar-refractivity contribution in [2.75, 3.05) is 0 Å². The Balaban J connectivity index is 1.04. The summed E-state index contributed by atoms with van der Waals surface area (Å²) < 4.78 is 11.6. The molecule has 4 aromatic heterocycles. The lowest BCUT2D eigenvalue weighted by molar-refractivity contribution is 0.669. The van der Waals surface area contributed by atoms with Crippen molar-refractivity contribution in [2.24, 2.45) is 0 Å². The van der Waals surface area contributed by atoms with Crippen LogP contribution < -0.4 is 0 Å². The molecular weight excluding hydrogens is 789 g/mol. The summed E-state index contributed by atoms with van der Waals surface area (Å²) in [6, 6.07) is 69.1. The molecule has 6 heteroatoms. The lowest BCUT2D eigenvalue weighted by Gasteiger charge is -2.12. The highest BCUT2D eigenvalue weighted by molar-refractivity contribution is 7.26. The quantitative estimate of drug-likeness (QED) is 0.177. The van der Waals surface area contributed by atoms with E-state index in [0.29, 0.717) is 17.5 Å². The van der Waals surface area contributed by atoms with Crippen molar-refractivity contribution in [1.29, 1.82) is 0 Å². The average Bonchev–Trinajstić information content (AvgIpc) is 4.02. The maximum Gasteiger partial charge on any atom is 0.165 e. The molecule has 0 saturated heterocycles. The van der Waals surface area contributed by atoms with E-state index < -0.39 is 0 Å². The van der Waals surface area contributed by atoms with Gasteiger partial charge in [-0.15, -0.1) is 11.3 Å². The number of nitrogens with zero attached hydrogens (tertiary/aromatic N) is 4. The molecule has 14 aromatic rings. The van der Waals surface area contributed by atoms with Gasteiger partial charge in [0.15, 0.2) is 17.5 Å². The van der Waals surface area contributed by atoms with E-state index in [0.717, 1.165) is 66.1 Å². The maximum atomic E-state index is 6.78. The van der Waals surface area contributed by atoms with Gasteiger partial charge in [0.25, 0.3) is 0 Å². The van der Waals surface area contributed by atoms with Gasteiger partial charge < -0.3 is 8.98 Å². The van der Waals surface area contributed by atoms with Crippen molar-refractivity contribution in [3.05, 3.63) is 194 Å². The summed E-state index contributed by atoms with van der Waals surface area (Å²) in [5.74, 6) is 1.90. The summed E-state index contributed by atoms with van der Waals surface area (Å²) in [6.07, 6.45) is 0. The molecule has 4 heterocycles. The van der Waals surface area contributed by atoms with Crippen LogP contribution in [0.15, 0.2) is 199 Å². The molecule has 0 aliphatic heterocycles. The molecule has 0 saturated carbocycles. The zero-order chi connectivity index (χ0) is 41.2. The monoisotopic (exact) mass is 820 g/mol. The van der Waals surface area contributed by atoms with Crippen molar-refractivity contribution < 1.29 is 4.42 Å². The first-order valence-electron chi connectivity index (χ1n) is 21.2. The molecule has 0 aliphatic rings. The summed E-state index contributed by atoms with van der Waals surface area (Å²) in [5.41, 5.74) is 7.88. The molecule has 10 aromatic carbocycles. The first-order chi connectivity index (χ1) is 31.2. The van der Waals surface area contributed by atoms with Crippen LogP contribution in [0.3, 0.4) is 0 Å². The van der Waals surface area contributed by atoms with Crippen LogP contribution in [0.1, 0.15) is 0 Å². The third-order valence-electron chi connectivity index (χ3n) is 12.8. The van der Waals surface area contributed by atoms with E-state index in [1.54, 1.807) is 11.3 Å². The summed E-state index contributed by atoms with van der Waals surface area (Å²) in [5, 5.41) is 14.0. The number of fused-ring (bicyclic) bond motifs is 13. The van der Waals surface area contributed by atoms with Crippen LogP contribution >= 0.6 is 11.3 Å². The number of rotatable bonds is 4. The Morgan fingerprint density at radius 1 is 0.381 bits per heavy atom. The van der Waals surface area contributed by atoms with Crippen LogP contribution in [0, 0.1) is 0 Å². The number of furan rings is 1. The molecule has 0 amide bonds. The minimum Gasteiger partial charge on any atom is -0.456 e. The molecule has 0 spiro atoms. The SMILES string of the molecule is c1ccc(-c2nc(-c3ccc4ccc5oc6cccc(-n7c8cc9ccccc9cc8c8cc9ccccc9cc87)c6c5c4c3)nc(-c3cccc4c3sc3ccccc34)n2)cc1. The fourth-order valence-corrected chi connectivity index (χ4v) is 11.1. The Morgan fingerprint density at radius 3 is 1.75 bits per heavy atom. The minimum absolute atomic E-state index is 0.616. The Labute approximate surface area is 363 Å². The molecule has 0 atom stereocenters. The lowest BCUT2D eigenvalue weighted by Crippen LogP contribution is -2.00. The zero-order valence-electron chi connectivity index (χ0n) is 33.6.